The van der Waals surface area contributed by atoms with E-state index in [-0.39, 0.29) is 17.3 Å². The van der Waals surface area contributed by atoms with Gasteiger partial charge in [0.25, 0.3) is 0 Å². The average molecular weight is 292 g/mol. The van der Waals surface area contributed by atoms with Crippen molar-refractivity contribution in [2.75, 3.05) is 6.61 Å². The van der Waals surface area contributed by atoms with E-state index >= 15 is 0 Å². The molecule has 2 nitrogen and oxygen atoms in total. The topological polar surface area (TPSA) is 29.5 Å². The molecule has 2 unspecified atom stereocenters. The van der Waals surface area contributed by atoms with E-state index in [1.165, 1.54) is 25.3 Å². The highest BCUT2D eigenvalue weighted by Crippen LogP contribution is 2.44. The third-order valence-corrected chi connectivity index (χ3v) is 5.22. The molecule has 0 aromatic heterocycles. The number of aliphatic hydroxyl groups is 1. The molecule has 1 aliphatic heterocycles. The molecule has 2 aliphatic rings. The summed E-state index contributed by atoms with van der Waals surface area (Å²) in [5, 5.41) is 10.6. The number of aryl methyl sites for hydroxylation is 1. The quantitative estimate of drug-likeness (QED) is 0.880. The van der Waals surface area contributed by atoms with Gasteiger partial charge in [-0.05, 0) is 50.2 Å². The van der Waals surface area contributed by atoms with Crippen LogP contribution < -0.4 is 0 Å². The summed E-state index contributed by atoms with van der Waals surface area (Å²) in [6, 6.07) is 5.12. The number of rotatable bonds is 2. The monoisotopic (exact) mass is 292 g/mol. The molecule has 1 aromatic rings. The number of benzene rings is 1. The first kappa shape index (κ1) is 15.0. The van der Waals surface area contributed by atoms with Crippen LogP contribution in [-0.2, 0) is 4.74 Å². The minimum Gasteiger partial charge on any atom is -0.388 e. The van der Waals surface area contributed by atoms with Gasteiger partial charge in [-0.3, -0.25) is 0 Å². The van der Waals surface area contributed by atoms with Gasteiger partial charge in [-0.15, -0.1) is 0 Å². The van der Waals surface area contributed by atoms with E-state index < -0.39 is 6.10 Å². The average Bonchev–Trinajstić information content (AvgIpc) is 2.47. The zero-order chi connectivity index (χ0) is 14.9. The Morgan fingerprint density at radius 1 is 1.29 bits per heavy atom. The minimum atomic E-state index is -0.715. The summed E-state index contributed by atoms with van der Waals surface area (Å²) in [4.78, 5) is 0. The molecule has 1 N–H and O–H groups in total. The Morgan fingerprint density at radius 3 is 2.76 bits per heavy atom. The van der Waals surface area contributed by atoms with Gasteiger partial charge >= 0.3 is 0 Å². The van der Waals surface area contributed by atoms with Crippen LogP contribution >= 0.6 is 0 Å². The van der Waals surface area contributed by atoms with E-state index in [0.29, 0.717) is 12.2 Å². The van der Waals surface area contributed by atoms with Crippen molar-refractivity contribution >= 4 is 0 Å². The first-order valence-corrected chi connectivity index (χ1v) is 8.18. The van der Waals surface area contributed by atoms with Crippen molar-refractivity contribution in [2.24, 2.45) is 5.92 Å². The Labute approximate surface area is 126 Å². The predicted molar refractivity (Wildman–Crippen MR) is 80.6 cm³/mol. The van der Waals surface area contributed by atoms with Crippen LogP contribution in [0.3, 0.4) is 0 Å². The Kier molecular flexibility index (Phi) is 4.32. The molecule has 0 radical (unpaired) electrons. The summed E-state index contributed by atoms with van der Waals surface area (Å²) in [7, 11) is 0. The van der Waals surface area contributed by atoms with Crippen molar-refractivity contribution in [3.8, 4) is 0 Å². The van der Waals surface area contributed by atoms with Crippen LogP contribution in [0.2, 0.25) is 0 Å². The SMILES string of the molecule is Cc1ccc(C(O)C2CCOC3(CCCCC3)C2)c(F)c1. The molecule has 1 heterocycles. The fraction of sp³-hybridized carbons (Fsp3) is 0.667. The maximum absolute atomic E-state index is 14.1. The van der Waals surface area contributed by atoms with Gasteiger partial charge in [0.2, 0.25) is 0 Å². The highest BCUT2D eigenvalue weighted by atomic mass is 19.1. The Hall–Kier alpha value is -0.930. The molecule has 2 atom stereocenters. The zero-order valence-electron chi connectivity index (χ0n) is 12.8. The largest absolute Gasteiger partial charge is 0.388 e. The molecule has 2 fully saturated rings. The second-order valence-corrected chi connectivity index (χ2v) is 6.81. The molecule has 1 spiro atoms. The van der Waals surface area contributed by atoms with Crippen LogP contribution in [0.5, 0.6) is 0 Å². The molecule has 21 heavy (non-hydrogen) atoms. The van der Waals surface area contributed by atoms with Crippen LogP contribution in [0.25, 0.3) is 0 Å². The molecular formula is C18H25FO2. The molecule has 3 heteroatoms. The van der Waals surface area contributed by atoms with Crippen LogP contribution in [0.1, 0.15) is 62.2 Å². The van der Waals surface area contributed by atoms with Crippen molar-refractivity contribution in [3.05, 3.63) is 35.1 Å². The highest BCUT2D eigenvalue weighted by Gasteiger charge is 2.41. The number of hydrogen-bond acceptors (Lipinski definition) is 2. The van der Waals surface area contributed by atoms with E-state index in [2.05, 4.69) is 0 Å². The molecule has 3 rings (SSSR count). The van der Waals surface area contributed by atoms with E-state index in [1.54, 1.807) is 6.07 Å². The van der Waals surface area contributed by atoms with Crippen LogP contribution in [0.4, 0.5) is 4.39 Å². The lowest BCUT2D eigenvalue weighted by Gasteiger charge is -2.44. The molecule has 1 saturated heterocycles. The van der Waals surface area contributed by atoms with Gasteiger partial charge in [0.1, 0.15) is 5.82 Å². The van der Waals surface area contributed by atoms with E-state index in [0.717, 1.165) is 31.2 Å². The third-order valence-electron chi connectivity index (χ3n) is 5.22. The molecule has 116 valence electrons. The molecule has 1 aliphatic carbocycles. The van der Waals surface area contributed by atoms with Gasteiger partial charge in [0, 0.05) is 12.2 Å². The predicted octanol–water partition coefficient (Wildman–Crippen LogP) is 4.30. The normalized spacial score (nSPS) is 26.7. The maximum Gasteiger partial charge on any atom is 0.129 e. The zero-order valence-corrected chi connectivity index (χ0v) is 12.8. The van der Waals surface area contributed by atoms with Crippen molar-refractivity contribution in [2.45, 2.75) is 63.6 Å². The number of halogens is 1. The fourth-order valence-corrected chi connectivity index (χ4v) is 4.01. The van der Waals surface area contributed by atoms with Crippen LogP contribution in [0, 0.1) is 18.7 Å². The van der Waals surface area contributed by atoms with Crippen LogP contribution in [-0.4, -0.2) is 17.3 Å². The van der Waals surface area contributed by atoms with Crippen molar-refractivity contribution in [1.29, 1.82) is 0 Å². The van der Waals surface area contributed by atoms with E-state index in [9.17, 15) is 9.50 Å². The molecule has 0 bridgehead atoms. The van der Waals surface area contributed by atoms with Gasteiger partial charge in [-0.2, -0.15) is 0 Å². The lowest BCUT2D eigenvalue weighted by molar-refractivity contribution is -0.134. The molecule has 1 saturated carbocycles. The van der Waals surface area contributed by atoms with Gasteiger partial charge in [-0.1, -0.05) is 31.4 Å². The van der Waals surface area contributed by atoms with Crippen LogP contribution in [0.15, 0.2) is 18.2 Å². The number of hydrogen-bond donors (Lipinski definition) is 1. The smallest absolute Gasteiger partial charge is 0.129 e. The second-order valence-electron chi connectivity index (χ2n) is 6.81. The summed E-state index contributed by atoms with van der Waals surface area (Å²) in [6.07, 6.45) is 6.85. The third kappa shape index (κ3) is 3.14. The van der Waals surface area contributed by atoms with Gasteiger partial charge in [-0.25, -0.2) is 4.39 Å². The Balaban J connectivity index is 1.76. The second kappa shape index (κ2) is 6.05. The molecule has 1 aromatic carbocycles. The molecular weight excluding hydrogens is 267 g/mol. The number of aliphatic hydroxyl groups excluding tert-OH is 1. The highest BCUT2D eigenvalue weighted by molar-refractivity contribution is 5.25. The van der Waals surface area contributed by atoms with Crippen molar-refractivity contribution < 1.29 is 14.2 Å². The fourth-order valence-electron chi connectivity index (χ4n) is 4.01. The Bertz CT molecular complexity index is 488. The van der Waals surface area contributed by atoms with Gasteiger partial charge in [0.05, 0.1) is 11.7 Å². The summed E-state index contributed by atoms with van der Waals surface area (Å²) in [5.74, 6) is -0.180. The maximum atomic E-state index is 14.1. The summed E-state index contributed by atoms with van der Waals surface area (Å²) < 4.78 is 20.2. The minimum absolute atomic E-state index is 0.0523. The summed E-state index contributed by atoms with van der Waals surface area (Å²) in [5.41, 5.74) is 1.28. The lowest BCUT2D eigenvalue weighted by Crippen LogP contribution is -2.42. The first-order valence-electron chi connectivity index (χ1n) is 8.18. The van der Waals surface area contributed by atoms with Gasteiger partial charge in [0.15, 0.2) is 0 Å². The van der Waals surface area contributed by atoms with Gasteiger partial charge < -0.3 is 9.84 Å². The summed E-state index contributed by atoms with van der Waals surface area (Å²) in [6.45, 7) is 2.56. The number of ether oxygens (including phenoxy) is 1. The molecule has 0 amide bonds. The standard InChI is InChI=1S/C18H25FO2/c1-13-5-6-15(16(19)11-13)17(20)14-7-10-21-18(12-14)8-3-2-4-9-18/h5-6,11,14,17,20H,2-4,7-10,12H2,1H3. The van der Waals surface area contributed by atoms with Crippen molar-refractivity contribution in [1.82, 2.24) is 0 Å². The lowest BCUT2D eigenvalue weighted by atomic mass is 9.73. The van der Waals surface area contributed by atoms with E-state index in [1.807, 2.05) is 13.0 Å². The Morgan fingerprint density at radius 2 is 2.05 bits per heavy atom. The van der Waals surface area contributed by atoms with Crippen molar-refractivity contribution in [3.63, 3.8) is 0 Å². The van der Waals surface area contributed by atoms with E-state index in [4.69, 9.17) is 4.74 Å². The first-order chi connectivity index (χ1) is 10.1. The summed E-state index contributed by atoms with van der Waals surface area (Å²) >= 11 is 0.